The van der Waals surface area contributed by atoms with Crippen molar-refractivity contribution in [3.8, 4) is 0 Å². The highest BCUT2D eigenvalue weighted by molar-refractivity contribution is 7.98. The summed E-state index contributed by atoms with van der Waals surface area (Å²) < 4.78 is 0. The lowest BCUT2D eigenvalue weighted by molar-refractivity contribution is -0.149. The largest absolute Gasteiger partial charge is 0.481 e. The van der Waals surface area contributed by atoms with Gasteiger partial charge in [0.1, 0.15) is 0 Å². The van der Waals surface area contributed by atoms with Gasteiger partial charge in [-0.2, -0.15) is 11.8 Å². The summed E-state index contributed by atoms with van der Waals surface area (Å²) in [7, 11) is 1.80. The molecule has 104 valence electrons. The maximum atomic E-state index is 12.3. The molecule has 0 aromatic rings. The average Bonchev–Trinajstić information content (AvgIpc) is 2.83. The predicted octanol–water partition coefficient (Wildman–Crippen LogP) is 2.09. The van der Waals surface area contributed by atoms with Gasteiger partial charge in [0.05, 0.1) is 11.8 Å². The van der Waals surface area contributed by atoms with Crippen molar-refractivity contribution in [3.63, 3.8) is 0 Å². The molecule has 0 radical (unpaired) electrons. The normalized spacial score (nSPS) is 24.8. The van der Waals surface area contributed by atoms with E-state index in [4.69, 9.17) is 5.11 Å². The highest BCUT2D eigenvalue weighted by atomic mass is 32.2. The molecule has 1 amide bonds. The minimum absolute atomic E-state index is 0.00787. The topological polar surface area (TPSA) is 57.6 Å². The number of carboxylic acid groups (broad SMARTS) is 1. The maximum absolute atomic E-state index is 12.3. The molecule has 4 nitrogen and oxygen atoms in total. The summed E-state index contributed by atoms with van der Waals surface area (Å²) in [5, 5.41) is 9.12. The lowest BCUT2D eigenvalue weighted by atomic mass is 9.94. The average molecular weight is 273 g/mol. The molecule has 1 aliphatic rings. The number of carboxylic acids is 1. The van der Waals surface area contributed by atoms with E-state index in [1.54, 1.807) is 23.7 Å². The van der Waals surface area contributed by atoms with Crippen molar-refractivity contribution < 1.29 is 14.7 Å². The summed E-state index contributed by atoms with van der Waals surface area (Å²) >= 11 is 1.76. The fourth-order valence-corrected chi connectivity index (χ4v) is 3.09. The number of carbonyl (C=O) groups is 2. The van der Waals surface area contributed by atoms with Gasteiger partial charge in [0.25, 0.3) is 0 Å². The van der Waals surface area contributed by atoms with Crippen LogP contribution in [-0.4, -0.2) is 47.0 Å². The van der Waals surface area contributed by atoms with Gasteiger partial charge in [0.15, 0.2) is 0 Å². The van der Waals surface area contributed by atoms with Crippen LogP contribution in [0.2, 0.25) is 0 Å². The second-order valence-corrected chi connectivity index (χ2v) is 6.05. The molecule has 1 N–H and O–H groups in total. The zero-order valence-electron chi connectivity index (χ0n) is 11.4. The molecule has 0 aliphatic heterocycles. The summed E-state index contributed by atoms with van der Waals surface area (Å²) in [4.78, 5) is 25.2. The Morgan fingerprint density at radius 3 is 2.56 bits per heavy atom. The Morgan fingerprint density at radius 2 is 2.00 bits per heavy atom. The van der Waals surface area contributed by atoms with Crippen LogP contribution >= 0.6 is 11.8 Å². The second-order valence-electron chi connectivity index (χ2n) is 5.06. The Morgan fingerprint density at radius 1 is 1.39 bits per heavy atom. The zero-order chi connectivity index (χ0) is 13.7. The first-order chi connectivity index (χ1) is 8.49. The summed E-state index contributed by atoms with van der Waals surface area (Å²) in [5.74, 6) is -0.590. The fourth-order valence-electron chi connectivity index (χ4n) is 2.51. The van der Waals surface area contributed by atoms with Crippen molar-refractivity contribution in [1.82, 2.24) is 4.90 Å². The van der Waals surface area contributed by atoms with Gasteiger partial charge in [-0.15, -0.1) is 0 Å². The molecule has 3 atom stereocenters. The minimum atomic E-state index is -0.823. The first-order valence-electron chi connectivity index (χ1n) is 6.47. The van der Waals surface area contributed by atoms with E-state index >= 15 is 0 Å². The number of amides is 1. The number of carbonyl (C=O) groups excluding carboxylic acids is 1. The van der Waals surface area contributed by atoms with Crippen LogP contribution in [0.25, 0.3) is 0 Å². The van der Waals surface area contributed by atoms with Crippen molar-refractivity contribution in [1.29, 1.82) is 0 Å². The van der Waals surface area contributed by atoms with E-state index in [-0.39, 0.29) is 17.9 Å². The molecule has 1 rings (SSSR count). The van der Waals surface area contributed by atoms with E-state index in [1.165, 1.54) is 0 Å². The molecule has 0 heterocycles. The Kier molecular flexibility index (Phi) is 5.99. The number of rotatable bonds is 6. The Labute approximate surface area is 113 Å². The van der Waals surface area contributed by atoms with E-state index < -0.39 is 11.9 Å². The molecular formula is C13H23NO3S. The molecule has 0 aromatic carbocycles. The SMILES string of the molecule is CSCCC(C)N(C)C(=O)C1CCCC1C(=O)O. The van der Waals surface area contributed by atoms with Crippen LogP contribution in [0.5, 0.6) is 0 Å². The molecule has 1 fully saturated rings. The zero-order valence-corrected chi connectivity index (χ0v) is 12.2. The van der Waals surface area contributed by atoms with Gasteiger partial charge in [-0.05, 0) is 38.2 Å². The second kappa shape index (κ2) is 7.02. The number of thioether (sulfide) groups is 1. The molecule has 0 saturated heterocycles. The molecule has 3 unspecified atom stereocenters. The van der Waals surface area contributed by atoms with Crippen LogP contribution < -0.4 is 0 Å². The van der Waals surface area contributed by atoms with Crippen LogP contribution in [0.4, 0.5) is 0 Å². The summed E-state index contributed by atoms with van der Waals surface area (Å²) in [6, 6.07) is 0.181. The molecule has 1 saturated carbocycles. The third-order valence-corrected chi connectivity index (χ3v) is 4.54. The number of nitrogens with zero attached hydrogens (tertiary/aromatic N) is 1. The number of hydrogen-bond acceptors (Lipinski definition) is 3. The van der Waals surface area contributed by atoms with Crippen molar-refractivity contribution >= 4 is 23.6 Å². The van der Waals surface area contributed by atoms with E-state index in [1.807, 2.05) is 13.2 Å². The van der Waals surface area contributed by atoms with Crippen LogP contribution in [-0.2, 0) is 9.59 Å². The van der Waals surface area contributed by atoms with Gasteiger partial charge in [0.2, 0.25) is 5.91 Å². The Balaban J connectivity index is 2.59. The molecule has 0 aromatic heterocycles. The van der Waals surface area contributed by atoms with Crippen molar-refractivity contribution in [2.24, 2.45) is 11.8 Å². The summed E-state index contributed by atoms with van der Waals surface area (Å²) in [6.07, 6.45) is 5.20. The van der Waals surface area contributed by atoms with Gasteiger partial charge in [-0.1, -0.05) is 6.42 Å². The maximum Gasteiger partial charge on any atom is 0.307 e. The van der Waals surface area contributed by atoms with E-state index in [0.29, 0.717) is 6.42 Å². The lowest BCUT2D eigenvalue weighted by Crippen LogP contribution is -2.41. The predicted molar refractivity (Wildman–Crippen MR) is 73.7 cm³/mol. The van der Waals surface area contributed by atoms with Gasteiger partial charge >= 0.3 is 5.97 Å². The highest BCUT2D eigenvalue weighted by Crippen LogP contribution is 2.33. The summed E-state index contributed by atoms with van der Waals surface area (Å²) in [6.45, 7) is 2.03. The van der Waals surface area contributed by atoms with Gasteiger partial charge in [0, 0.05) is 13.1 Å². The quantitative estimate of drug-likeness (QED) is 0.805. The van der Waals surface area contributed by atoms with E-state index in [9.17, 15) is 9.59 Å². The van der Waals surface area contributed by atoms with Crippen LogP contribution in [0, 0.1) is 11.8 Å². The van der Waals surface area contributed by atoms with Gasteiger partial charge in [-0.25, -0.2) is 0 Å². The third-order valence-electron chi connectivity index (χ3n) is 3.90. The molecule has 0 spiro atoms. The first kappa shape index (κ1) is 15.3. The molecule has 5 heteroatoms. The van der Waals surface area contributed by atoms with Crippen LogP contribution in [0.1, 0.15) is 32.6 Å². The molecule has 0 bridgehead atoms. The molecule has 18 heavy (non-hydrogen) atoms. The number of hydrogen-bond donors (Lipinski definition) is 1. The minimum Gasteiger partial charge on any atom is -0.481 e. The third kappa shape index (κ3) is 3.64. The molecule has 1 aliphatic carbocycles. The van der Waals surface area contributed by atoms with Crippen molar-refractivity contribution in [2.75, 3.05) is 19.1 Å². The Hall–Kier alpha value is -0.710. The standard InChI is InChI=1S/C13H23NO3S/c1-9(7-8-18-3)14(2)12(15)10-5-4-6-11(10)13(16)17/h9-11H,4-8H2,1-3H3,(H,16,17). The smallest absolute Gasteiger partial charge is 0.307 e. The highest BCUT2D eigenvalue weighted by Gasteiger charge is 2.39. The fraction of sp³-hybridized carbons (Fsp3) is 0.846. The van der Waals surface area contributed by atoms with E-state index in [2.05, 4.69) is 0 Å². The van der Waals surface area contributed by atoms with Crippen LogP contribution in [0.15, 0.2) is 0 Å². The first-order valence-corrected chi connectivity index (χ1v) is 7.86. The van der Waals surface area contributed by atoms with Crippen molar-refractivity contribution in [2.45, 2.75) is 38.6 Å². The summed E-state index contributed by atoms with van der Waals surface area (Å²) in [5.41, 5.74) is 0. The van der Waals surface area contributed by atoms with Gasteiger partial charge < -0.3 is 10.0 Å². The Bertz CT molecular complexity index is 309. The molecular weight excluding hydrogens is 250 g/mol. The lowest BCUT2D eigenvalue weighted by Gasteiger charge is -2.28. The van der Waals surface area contributed by atoms with Crippen molar-refractivity contribution in [3.05, 3.63) is 0 Å². The van der Waals surface area contributed by atoms with Crippen LogP contribution in [0.3, 0.4) is 0 Å². The van der Waals surface area contributed by atoms with E-state index in [0.717, 1.165) is 25.0 Å². The monoisotopic (exact) mass is 273 g/mol. The van der Waals surface area contributed by atoms with Gasteiger partial charge in [-0.3, -0.25) is 9.59 Å². The number of aliphatic carboxylic acids is 1.